The predicted octanol–water partition coefficient (Wildman–Crippen LogP) is 0.949. The number of rotatable bonds is 6. The Bertz CT molecular complexity index is 813. The van der Waals surface area contributed by atoms with Crippen LogP contribution in [-0.4, -0.2) is 42.5 Å². The number of aliphatic carboxylic acids is 1. The molecule has 2 N–H and O–H groups in total. The van der Waals surface area contributed by atoms with Gasteiger partial charge < -0.3 is 9.84 Å². The lowest BCUT2D eigenvalue weighted by molar-refractivity contribution is -0.139. The number of sulfonamides is 1. The van der Waals surface area contributed by atoms with Crippen LogP contribution in [0.3, 0.4) is 0 Å². The molecule has 8 nitrogen and oxygen atoms in total. The normalized spacial score (nSPS) is 19.2. The van der Waals surface area contributed by atoms with Crippen LogP contribution in [0.15, 0.2) is 47.6 Å². The number of nitrogens with zero attached hydrogens (tertiary/aromatic N) is 2. The van der Waals surface area contributed by atoms with Gasteiger partial charge in [-0.15, -0.1) is 0 Å². The zero-order chi connectivity index (χ0) is 17.2. The quantitative estimate of drug-likeness (QED) is 0.802. The van der Waals surface area contributed by atoms with Gasteiger partial charge in [0, 0.05) is 12.8 Å². The molecule has 0 saturated carbocycles. The van der Waals surface area contributed by atoms with Gasteiger partial charge in [0.2, 0.25) is 10.0 Å². The molecule has 1 unspecified atom stereocenters. The zero-order valence-electron chi connectivity index (χ0n) is 12.7. The fourth-order valence-electron chi connectivity index (χ4n) is 2.52. The van der Waals surface area contributed by atoms with Gasteiger partial charge in [-0.25, -0.2) is 8.42 Å². The second-order valence-electron chi connectivity index (χ2n) is 5.48. The van der Waals surface area contributed by atoms with Crippen molar-refractivity contribution in [2.75, 3.05) is 13.2 Å². The summed E-state index contributed by atoms with van der Waals surface area (Å²) in [7, 11) is -4.02. The number of hydrogen-bond acceptors (Lipinski definition) is 5. The molecule has 1 aromatic heterocycles. The highest BCUT2D eigenvalue weighted by Gasteiger charge is 2.28. The average molecular weight is 351 g/mol. The first-order valence-corrected chi connectivity index (χ1v) is 8.87. The van der Waals surface area contributed by atoms with Gasteiger partial charge >= 0.3 is 5.97 Å². The molecule has 0 radical (unpaired) electrons. The van der Waals surface area contributed by atoms with Crippen molar-refractivity contribution in [2.45, 2.75) is 23.4 Å². The van der Waals surface area contributed by atoms with Crippen LogP contribution in [0.2, 0.25) is 0 Å². The fraction of sp³-hybridized carbons (Fsp3) is 0.333. The van der Waals surface area contributed by atoms with E-state index in [2.05, 4.69) is 9.82 Å². The van der Waals surface area contributed by atoms with Gasteiger partial charge in [0.25, 0.3) is 0 Å². The monoisotopic (exact) mass is 351 g/mol. The summed E-state index contributed by atoms with van der Waals surface area (Å²) in [4.78, 5) is 11.4. The highest BCUT2D eigenvalue weighted by atomic mass is 32.2. The van der Waals surface area contributed by atoms with Crippen LogP contribution >= 0.6 is 0 Å². The molecule has 1 aromatic carbocycles. The average Bonchev–Trinajstić information content (AvgIpc) is 3.24. The molecule has 9 heteroatoms. The summed E-state index contributed by atoms with van der Waals surface area (Å²) < 4.78 is 34.0. The summed E-state index contributed by atoms with van der Waals surface area (Å²) in [6.45, 7) is 1.09. The van der Waals surface area contributed by atoms with Crippen molar-refractivity contribution in [3.8, 4) is 0 Å². The maximum absolute atomic E-state index is 12.5. The molecule has 1 saturated heterocycles. The predicted molar refractivity (Wildman–Crippen MR) is 83.8 cm³/mol. The largest absolute Gasteiger partial charge is 0.480 e. The van der Waals surface area contributed by atoms with Crippen LogP contribution in [0.5, 0.6) is 0 Å². The molecule has 0 amide bonds. The molecular weight excluding hydrogens is 334 g/mol. The van der Waals surface area contributed by atoms with E-state index in [1.54, 1.807) is 35.0 Å². The van der Waals surface area contributed by atoms with Crippen LogP contribution in [0.1, 0.15) is 24.1 Å². The Morgan fingerprint density at radius 1 is 1.38 bits per heavy atom. The molecule has 1 aliphatic rings. The van der Waals surface area contributed by atoms with Gasteiger partial charge in [0.05, 0.1) is 18.8 Å². The van der Waals surface area contributed by atoms with Crippen molar-refractivity contribution in [1.29, 1.82) is 0 Å². The van der Waals surface area contributed by atoms with Crippen LogP contribution < -0.4 is 4.72 Å². The van der Waals surface area contributed by atoms with Gasteiger partial charge in [-0.2, -0.15) is 9.82 Å². The topological polar surface area (TPSA) is 111 Å². The highest BCUT2D eigenvalue weighted by molar-refractivity contribution is 7.89. The number of carboxylic acid groups (broad SMARTS) is 1. The number of ether oxygens (including phenoxy) is 1. The summed E-state index contributed by atoms with van der Waals surface area (Å²) in [5.41, 5.74) is 0.352. The van der Waals surface area contributed by atoms with Crippen molar-refractivity contribution in [3.63, 3.8) is 0 Å². The second kappa shape index (κ2) is 6.71. The van der Waals surface area contributed by atoms with Gasteiger partial charge in [-0.1, -0.05) is 30.3 Å². The van der Waals surface area contributed by atoms with Crippen molar-refractivity contribution < 1.29 is 23.1 Å². The van der Waals surface area contributed by atoms with E-state index in [0.29, 0.717) is 18.8 Å². The highest BCUT2D eigenvalue weighted by Crippen LogP contribution is 2.21. The van der Waals surface area contributed by atoms with Crippen LogP contribution in [0, 0.1) is 0 Å². The molecule has 0 spiro atoms. The van der Waals surface area contributed by atoms with Crippen LogP contribution in [-0.2, 0) is 19.6 Å². The van der Waals surface area contributed by atoms with Crippen LogP contribution in [0.25, 0.3) is 0 Å². The van der Waals surface area contributed by atoms with Gasteiger partial charge in [-0.05, 0) is 12.0 Å². The Labute approximate surface area is 139 Å². The van der Waals surface area contributed by atoms with E-state index >= 15 is 0 Å². The number of aromatic nitrogens is 2. The molecule has 2 heterocycles. The molecule has 128 valence electrons. The minimum atomic E-state index is -4.02. The first-order chi connectivity index (χ1) is 11.5. The maximum Gasteiger partial charge on any atom is 0.326 e. The lowest BCUT2D eigenvalue weighted by Crippen LogP contribution is -2.33. The van der Waals surface area contributed by atoms with E-state index in [-0.39, 0.29) is 10.9 Å². The number of carbonyl (C=O) groups is 1. The van der Waals surface area contributed by atoms with Crippen molar-refractivity contribution >= 4 is 16.0 Å². The number of carboxylic acids is 1. The van der Waals surface area contributed by atoms with E-state index in [1.165, 1.54) is 12.4 Å². The third-order valence-electron chi connectivity index (χ3n) is 3.82. The Hall–Kier alpha value is -2.23. The Morgan fingerprint density at radius 2 is 2.12 bits per heavy atom. The fourth-order valence-corrected chi connectivity index (χ4v) is 3.64. The van der Waals surface area contributed by atoms with Crippen molar-refractivity contribution in [3.05, 3.63) is 48.3 Å². The van der Waals surface area contributed by atoms with E-state index in [1.807, 2.05) is 0 Å². The standard InChI is InChI=1S/C15H17N3O5S/c19-15(20)14(11-4-2-1-3-5-11)17-24(21,22)13-8-16-18(9-13)12-6-7-23-10-12/h1-5,8-9,12,14,17H,6-7,10H2,(H,19,20)/t12?,14-/m0/s1. The first-order valence-electron chi connectivity index (χ1n) is 7.39. The molecule has 1 fully saturated rings. The molecular formula is C15H17N3O5S. The Balaban J connectivity index is 1.83. The number of nitrogens with one attached hydrogen (secondary N) is 1. The summed E-state index contributed by atoms with van der Waals surface area (Å²) in [6, 6.07) is 6.77. The minimum Gasteiger partial charge on any atom is -0.480 e. The minimum absolute atomic E-state index is 0.00153. The van der Waals surface area contributed by atoms with Gasteiger partial charge in [0.15, 0.2) is 0 Å². The smallest absolute Gasteiger partial charge is 0.326 e. The lowest BCUT2D eigenvalue weighted by Gasteiger charge is -2.14. The van der Waals surface area contributed by atoms with E-state index < -0.39 is 22.0 Å². The Kier molecular flexibility index (Phi) is 4.65. The van der Waals surface area contributed by atoms with Crippen molar-refractivity contribution in [2.24, 2.45) is 0 Å². The maximum atomic E-state index is 12.5. The number of benzene rings is 1. The van der Waals surface area contributed by atoms with E-state index in [9.17, 15) is 18.3 Å². The lowest BCUT2D eigenvalue weighted by atomic mass is 10.1. The molecule has 2 atom stereocenters. The summed E-state index contributed by atoms with van der Waals surface area (Å²) in [5.74, 6) is -1.28. The van der Waals surface area contributed by atoms with Crippen molar-refractivity contribution in [1.82, 2.24) is 14.5 Å². The van der Waals surface area contributed by atoms with Gasteiger partial charge in [0.1, 0.15) is 10.9 Å². The third kappa shape index (κ3) is 3.48. The Morgan fingerprint density at radius 3 is 2.75 bits per heavy atom. The number of hydrogen-bond donors (Lipinski definition) is 2. The zero-order valence-corrected chi connectivity index (χ0v) is 13.5. The molecule has 3 rings (SSSR count). The second-order valence-corrected chi connectivity index (χ2v) is 7.19. The first kappa shape index (κ1) is 16.6. The van der Waals surface area contributed by atoms with Gasteiger partial charge in [-0.3, -0.25) is 9.48 Å². The summed E-state index contributed by atoms with van der Waals surface area (Å²) in [5, 5.41) is 13.4. The molecule has 2 aromatic rings. The van der Waals surface area contributed by atoms with Crippen LogP contribution in [0.4, 0.5) is 0 Å². The summed E-state index contributed by atoms with van der Waals surface area (Å²) in [6.07, 6.45) is 3.37. The molecule has 24 heavy (non-hydrogen) atoms. The molecule has 0 bridgehead atoms. The van der Waals surface area contributed by atoms with E-state index in [0.717, 1.165) is 6.42 Å². The SMILES string of the molecule is O=C(O)[C@@H](NS(=O)(=O)c1cnn(C2CCOC2)c1)c1ccccc1. The molecule has 1 aliphatic heterocycles. The molecule has 0 aliphatic carbocycles. The summed E-state index contributed by atoms with van der Waals surface area (Å²) >= 11 is 0. The third-order valence-corrected chi connectivity index (χ3v) is 5.20. The van der Waals surface area contributed by atoms with E-state index in [4.69, 9.17) is 4.74 Å².